The van der Waals surface area contributed by atoms with Crippen molar-refractivity contribution in [1.82, 2.24) is 0 Å². The molecule has 0 fully saturated rings. The fraction of sp³-hybridized carbons (Fsp3) is 1.00. The second kappa shape index (κ2) is 28.0. The van der Waals surface area contributed by atoms with Crippen molar-refractivity contribution >= 4 is 398 Å². The summed E-state index contributed by atoms with van der Waals surface area (Å²) in [7, 11) is 191. The van der Waals surface area contributed by atoms with E-state index >= 15 is 0 Å². The summed E-state index contributed by atoms with van der Waals surface area (Å²) in [5.74, 6) is 0. The Morgan fingerprint density at radius 2 is 0.386 bits per heavy atom. The Morgan fingerprint density at radius 3 is 0.526 bits per heavy atom. The fourth-order valence-electron chi connectivity index (χ4n) is 9.75. The molecule has 0 aromatic heterocycles. The van der Waals surface area contributed by atoms with Crippen LogP contribution in [0.5, 0.6) is 0 Å². The summed E-state index contributed by atoms with van der Waals surface area (Å²) in [6.45, 7) is -4.12. The van der Waals surface area contributed by atoms with Gasteiger partial charge in [0, 0.05) is 398 Å². The average molecular weight is 618 g/mol. The Bertz CT molecular complexity index is 870. The summed E-state index contributed by atoms with van der Waals surface area (Å²) in [4.78, 5) is 0. The van der Waals surface area contributed by atoms with Crippen molar-refractivity contribution in [3.8, 4) is 0 Å². The summed E-state index contributed by atoms with van der Waals surface area (Å²) in [5, 5.41) is 0. The molecule has 59 radical (unpaired) electrons. The van der Waals surface area contributed by atoms with Crippen molar-refractivity contribution in [2.75, 3.05) is 0 Å². The molecule has 0 saturated carbocycles. The van der Waals surface area contributed by atoms with Crippen LogP contribution in [0.3, 0.4) is 0 Å². The zero-order chi connectivity index (χ0) is 45.3. The predicted molar refractivity (Wildman–Crippen MR) is 326 cm³/mol. The van der Waals surface area contributed by atoms with Gasteiger partial charge in [0.1, 0.15) is 0 Å². The van der Waals surface area contributed by atoms with Crippen LogP contribution in [-0.4, -0.2) is 398 Å². The van der Waals surface area contributed by atoms with Gasteiger partial charge in [-0.3, -0.25) is 0 Å². The van der Waals surface area contributed by atoms with Crippen LogP contribution in [-0.2, 0) is 0 Å². The Hall–Kier alpha value is 3.64. The molecule has 0 aliphatic heterocycles. The molecule has 0 atom stereocenters. The fourth-order valence-corrected chi connectivity index (χ4v) is 9.75. The molecule has 0 N–H and O–H groups in total. The molecule has 0 rings (SSSR count). The van der Waals surface area contributed by atoms with E-state index < -0.39 is 172 Å². The van der Waals surface area contributed by atoms with Gasteiger partial charge in [0.15, 0.2) is 0 Å². The highest BCUT2D eigenvalue weighted by Gasteiger charge is 2.61. The van der Waals surface area contributed by atoms with Gasteiger partial charge >= 0.3 is 0 Å². The molecule has 56 heteroatoms. The molecule has 0 bridgehead atoms. The summed E-state index contributed by atoms with van der Waals surface area (Å²) >= 11 is 0. The van der Waals surface area contributed by atoms with E-state index in [9.17, 15) is 0 Å². The van der Waals surface area contributed by atoms with Gasteiger partial charge in [-0.1, -0.05) is 0 Å². The molecule has 0 aliphatic carbocycles. The summed E-state index contributed by atoms with van der Waals surface area (Å²) in [6, 6.07) is 0. The second-order valence-electron chi connectivity index (χ2n) is 15.8. The van der Waals surface area contributed by atoms with Crippen LogP contribution < -0.4 is 0 Å². The molecule has 0 nitrogen and oxygen atoms in total. The largest absolute Gasteiger partial charge is 0.146 e. The minimum atomic E-state index is -1.46. The van der Waals surface area contributed by atoms with Gasteiger partial charge in [-0.25, -0.2) is 0 Å². The van der Waals surface area contributed by atoms with Crippen LogP contribution in [0.25, 0.3) is 0 Å². The third-order valence-corrected chi connectivity index (χ3v) is 11.8. The molecule has 173 valence electrons. The lowest BCUT2D eigenvalue weighted by Gasteiger charge is -2.59. The van der Waals surface area contributed by atoms with Gasteiger partial charge in [0.25, 0.3) is 0 Å². The normalized spacial score (nSPS) is 9.84. The van der Waals surface area contributed by atoms with Crippen LogP contribution in [0.4, 0.5) is 0 Å². The van der Waals surface area contributed by atoms with Crippen molar-refractivity contribution in [2.45, 2.75) is 5.62 Å². The number of rotatable bonds is 27. The first-order chi connectivity index (χ1) is 25.9. The molecular formula is CHB56. The lowest BCUT2D eigenvalue weighted by atomic mass is 8.32. The molecule has 0 aromatic rings. The minimum Gasteiger partial charge on any atom is -0.146 e. The maximum Gasteiger partial charge on any atom is 0.0294 e. The Labute approximate surface area is 400 Å². The van der Waals surface area contributed by atoms with Gasteiger partial charge in [0.05, 0.1) is 0 Å². The monoisotopic (exact) mass is 630 g/mol. The van der Waals surface area contributed by atoms with Gasteiger partial charge in [-0.15, -0.1) is 5.62 Å². The van der Waals surface area contributed by atoms with Crippen LogP contribution in [0.1, 0.15) is 0 Å². The van der Waals surface area contributed by atoms with Crippen molar-refractivity contribution < 1.29 is 0 Å². The van der Waals surface area contributed by atoms with E-state index in [1.165, 1.54) is 0 Å². The van der Waals surface area contributed by atoms with E-state index in [0.717, 1.165) is 7.06 Å². The van der Waals surface area contributed by atoms with E-state index in [0.29, 0.717) is 0 Å². The van der Waals surface area contributed by atoms with E-state index in [-0.39, 0.29) is 0 Å². The van der Waals surface area contributed by atoms with Gasteiger partial charge in [-0.2, -0.15) is 0 Å². The zero-order valence-electron chi connectivity index (χ0n) is 32.9. The summed E-state index contributed by atoms with van der Waals surface area (Å²) < 4.78 is 0. The van der Waals surface area contributed by atoms with Crippen LogP contribution in [0, 0.1) is 0 Å². The van der Waals surface area contributed by atoms with E-state index in [4.69, 9.17) is 224 Å². The van der Waals surface area contributed by atoms with Crippen LogP contribution in [0.2, 0.25) is 5.62 Å². The maximum absolute atomic E-state index is 6.76. The third kappa shape index (κ3) is 16.5. The minimum absolute atomic E-state index is 1.16. The average Bonchev–Trinajstić information content (AvgIpc) is 2.99. The molecule has 0 saturated heterocycles. The molecule has 0 amide bonds. The maximum atomic E-state index is 6.76. The van der Waals surface area contributed by atoms with Crippen LogP contribution >= 0.6 is 0 Å². The van der Waals surface area contributed by atoms with Crippen LogP contribution in [0.15, 0.2) is 0 Å². The van der Waals surface area contributed by atoms with E-state index in [2.05, 4.69) is 0 Å². The lowest BCUT2D eigenvalue weighted by Crippen LogP contribution is -2.90. The third-order valence-electron chi connectivity index (χ3n) is 11.8. The Kier molecular flexibility index (Phi) is 29.7. The highest BCUT2D eigenvalue weighted by Crippen LogP contribution is 2.33. The standard InChI is InChI=1S/CHB56/c2-31-49(35(3)4)54(44(21)22)34(55(56(45(23)24)46(25)26)57(47(27)28)48(29)30)1(32(50(36(5)6)37(7)8)51(38(9)10)39(11)12)33(52(40(13)14)41(15)16)53(42(17)18)43(19)20/h1H. The van der Waals surface area contributed by atoms with Crippen molar-refractivity contribution in [2.24, 2.45) is 0 Å². The first kappa shape index (κ1) is 60.6. The van der Waals surface area contributed by atoms with Gasteiger partial charge < -0.3 is 0 Å². The van der Waals surface area contributed by atoms with Crippen molar-refractivity contribution in [3.63, 3.8) is 0 Å². The molecule has 0 aromatic carbocycles. The molecule has 57 heavy (non-hydrogen) atoms. The predicted octanol–water partition coefficient (Wildman–Crippen LogP) is -21.0. The Morgan fingerprint density at radius 1 is 0.211 bits per heavy atom. The zero-order valence-corrected chi connectivity index (χ0v) is 32.9. The molecule has 0 heterocycles. The van der Waals surface area contributed by atoms with Gasteiger partial charge in [0.2, 0.25) is 0 Å². The second-order valence-corrected chi connectivity index (χ2v) is 15.8. The molecule has 0 aliphatic rings. The molecule has 0 unspecified atom stereocenters. The van der Waals surface area contributed by atoms with E-state index in [1.54, 1.807) is 0 Å². The summed E-state index contributed by atoms with van der Waals surface area (Å²) in [5.41, 5.74) is -1.43. The molecule has 0 spiro atoms. The smallest absolute Gasteiger partial charge is 0.0294 e. The Balaban J connectivity index is 10.3. The summed E-state index contributed by atoms with van der Waals surface area (Å²) in [6.07, 6.45) is -31.3. The van der Waals surface area contributed by atoms with Crippen molar-refractivity contribution in [3.05, 3.63) is 0 Å². The quantitative estimate of drug-likeness (QED) is 0.0804. The highest BCUT2D eigenvalue weighted by atomic mass is 13.7. The first-order valence-electron chi connectivity index (χ1n) is 18.7. The number of hydrogen-bond donors (Lipinski definition) is 0. The topological polar surface area (TPSA) is 0 Å². The van der Waals surface area contributed by atoms with Gasteiger partial charge in [-0.05, 0) is 0 Å². The van der Waals surface area contributed by atoms with Crippen molar-refractivity contribution in [1.29, 1.82) is 0 Å². The lowest BCUT2D eigenvalue weighted by molar-refractivity contribution is 1.80. The molecular weight excluding hydrogens is 617 g/mol. The highest BCUT2D eigenvalue weighted by molar-refractivity contribution is 8.24. The first-order valence-corrected chi connectivity index (χ1v) is 18.7. The SMILES string of the molecule is [B][B]B(B([B])[B])B(B([B])[B])B(B(B(B([B])[B])B([B])[B])B(B([B])[B])B([B])[B])C(B(B(B([B])[B])B([B])[B])B(B([B])[B])B([B])[B])B(B(B([B])[B])B([B])[B])B(B([B])[B])B([B])[B]. The van der Waals surface area contributed by atoms with E-state index in [1.807, 2.05) is 0 Å². The number of hydrogen-bond acceptors (Lipinski definition) is 0.